The first kappa shape index (κ1) is 20.3. The number of hydrogen-bond donors (Lipinski definition) is 1. The van der Waals surface area contributed by atoms with E-state index in [2.05, 4.69) is 15.5 Å². The summed E-state index contributed by atoms with van der Waals surface area (Å²) < 4.78 is 5.30. The second-order valence-electron chi connectivity index (χ2n) is 6.77. The molecule has 4 rings (SSSR count). The van der Waals surface area contributed by atoms with Crippen molar-refractivity contribution < 1.29 is 14.3 Å². The Bertz CT molecular complexity index is 1070. The summed E-state index contributed by atoms with van der Waals surface area (Å²) in [4.78, 5) is 27.5. The maximum absolute atomic E-state index is 13.0. The van der Waals surface area contributed by atoms with E-state index in [4.69, 9.17) is 16.3 Å². The van der Waals surface area contributed by atoms with Crippen molar-refractivity contribution >= 4 is 39.9 Å². The molecule has 1 atom stereocenters. The molecule has 9 heteroatoms. The van der Waals surface area contributed by atoms with Crippen molar-refractivity contribution in [3.05, 3.63) is 59.1 Å². The predicted molar refractivity (Wildman–Crippen MR) is 116 cm³/mol. The number of benzene rings is 2. The quantitative estimate of drug-likeness (QED) is 0.642. The normalized spacial score (nSPS) is 15.8. The minimum Gasteiger partial charge on any atom is -0.496 e. The first-order valence-corrected chi connectivity index (χ1v) is 10.6. The molecule has 0 radical (unpaired) electrons. The van der Waals surface area contributed by atoms with Gasteiger partial charge in [0.15, 0.2) is 0 Å². The Balaban J connectivity index is 1.48. The molecule has 2 amide bonds. The molecule has 3 aromatic rings. The fraction of sp³-hybridized carbons (Fsp3) is 0.238. The lowest BCUT2D eigenvalue weighted by atomic mass is 10.1. The fourth-order valence-corrected chi connectivity index (χ4v) is 4.31. The summed E-state index contributed by atoms with van der Waals surface area (Å²) in [7, 11) is 1.52. The second kappa shape index (κ2) is 8.81. The number of ether oxygens (including phenoxy) is 1. The topological polar surface area (TPSA) is 84.4 Å². The van der Waals surface area contributed by atoms with E-state index in [1.54, 1.807) is 41.3 Å². The van der Waals surface area contributed by atoms with Crippen LogP contribution in [-0.2, 0) is 4.79 Å². The Morgan fingerprint density at radius 2 is 1.93 bits per heavy atom. The van der Waals surface area contributed by atoms with Crippen LogP contribution in [0.2, 0.25) is 5.02 Å². The van der Waals surface area contributed by atoms with E-state index in [-0.39, 0.29) is 11.8 Å². The second-order valence-corrected chi connectivity index (χ2v) is 8.18. The summed E-state index contributed by atoms with van der Waals surface area (Å²) in [6.45, 7) is 0.515. The highest BCUT2D eigenvalue weighted by Crippen LogP contribution is 2.29. The lowest BCUT2D eigenvalue weighted by Crippen LogP contribution is -2.43. The standard InChI is InChI=1S/C21H19ClN4O3S/c1-29-17-7-3-2-5-15(17)20(28)26-12-4-6-16(26)18(27)23-21-25-24-19(30-21)13-8-10-14(22)11-9-13/h2-3,5,7-11,16H,4,6,12H2,1H3,(H,23,25,27). The van der Waals surface area contributed by atoms with Crippen LogP contribution in [0.5, 0.6) is 5.75 Å². The molecule has 7 nitrogen and oxygen atoms in total. The minimum absolute atomic E-state index is 0.218. The Kier molecular flexibility index (Phi) is 5.96. The lowest BCUT2D eigenvalue weighted by Gasteiger charge is -2.24. The molecule has 1 fully saturated rings. The van der Waals surface area contributed by atoms with Crippen LogP contribution in [0.15, 0.2) is 48.5 Å². The number of para-hydroxylation sites is 1. The molecular weight excluding hydrogens is 424 g/mol. The van der Waals surface area contributed by atoms with Crippen LogP contribution in [0.1, 0.15) is 23.2 Å². The Hall–Kier alpha value is -2.97. The van der Waals surface area contributed by atoms with Crippen LogP contribution in [0.25, 0.3) is 10.6 Å². The molecule has 1 aliphatic rings. The predicted octanol–water partition coefficient (Wildman–Crippen LogP) is 4.11. The molecule has 1 aromatic heterocycles. The smallest absolute Gasteiger partial charge is 0.258 e. The number of rotatable bonds is 5. The van der Waals surface area contributed by atoms with Crippen LogP contribution in [0.4, 0.5) is 5.13 Å². The van der Waals surface area contributed by atoms with E-state index in [1.165, 1.54) is 18.4 Å². The van der Waals surface area contributed by atoms with Gasteiger partial charge in [0.25, 0.3) is 5.91 Å². The number of methoxy groups -OCH3 is 1. The van der Waals surface area contributed by atoms with Gasteiger partial charge in [-0.2, -0.15) is 0 Å². The number of likely N-dealkylation sites (tertiary alicyclic amines) is 1. The van der Waals surface area contributed by atoms with Crippen molar-refractivity contribution in [2.75, 3.05) is 19.0 Å². The summed E-state index contributed by atoms with van der Waals surface area (Å²) in [6, 6.07) is 13.7. The minimum atomic E-state index is -0.565. The van der Waals surface area contributed by atoms with Gasteiger partial charge in [-0.15, -0.1) is 10.2 Å². The number of halogens is 1. The summed E-state index contributed by atoms with van der Waals surface area (Å²) in [5, 5.41) is 12.7. The number of amides is 2. The van der Waals surface area contributed by atoms with Crippen molar-refractivity contribution in [1.29, 1.82) is 0 Å². The zero-order chi connectivity index (χ0) is 21.1. The molecule has 0 spiro atoms. The van der Waals surface area contributed by atoms with Crippen LogP contribution >= 0.6 is 22.9 Å². The number of carbonyl (C=O) groups excluding carboxylic acids is 2. The summed E-state index contributed by atoms with van der Waals surface area (Å²) >= 11 is 7.19. The third kappa shape index (κ3) is 4.15. The van der Waals surface area contributed by atoms with Crippen molar-refractivity contribution in [3.8, 4) is 16.3 Å². The zero-order valence-corrected chi connectivity index (χ0v) is 17.7. The summed E-state index contributed by atoms with van der Waals surface area (Å²) in [6.07, 6.45) is 1.35. The van der Waals surface area contributed by atoms with Gasteiger partial charge in [0.1, 0.15) is 16.8 Å². The molecule has 1 unspecified atom stereocenters. The van der Waals surface area contributed by atoms with Gasteiger partial charge in [0, 0.05) is 17.1 Å². The average molecular weight is 443 g/mol. The van der Waals surface area contributed by atoms with E-state index >= 15 is 0 Å². The number of anilines is 1. The maximum atomic E-state index is 13.0. The number of nitrogens with one attached hydrogen (secondary N) is 1. The van der Waals surface area contributed by atoms with Crippen LogP contribution < -0.4 is 10.1 Å². The molecular formula is C21H19ClN4O3S. The zero-order valence-electron chi connectivity index (χ0n) is 16.2. The van der Waals surface area contributed by atoms with Gasteiger partial charge < -0.3 is 9.64 Å². The summed E-state index contributed by atoms with van der Waals surface area (Å²) in [5.74, 6) is 0.00376. The molecule has 154 valence electrons. The lowest BCUT2D eigenvalue weighted by molar-refractivity contribution is -0.119. The molecule has 1 saturated heterocycles. The highest BCUT2D eigenvalue weighted by atomic mass is 35.5. The third-order valence-electron chi connectivity index (χ3n) is 4.90. The first-order valence-electron chi connectivity index (χ1n) is 9.41. The number of aromatic nitrogens is 2. The van der Waals surface area contributed by atoms with Gasteiger partial charge in [0.05, 0.1) is 12.7 Å². The Morgan fingerprint density at radius 1 is 1.17 bits per heavy atom. The average Bonchev–Trinajstić information content (AvgIpc) is 3.43. The van der Waals surface area contributed by atoms with E-state index < -0.39 is 6.04 Å². The first-order chi connectivity index (χ1) is 14.6. The van der Waals surface area contributed by atoms with Gasteiger partial charge in [-0.1, -0.05) is 47.2 Å². The number of carbonyl (C=O) groups is 2. The molecule has 1 N–H and O–H groups in total. The van der Waals surface area contributed by atoms with Gasteiger partial charge in [0.2, 0.25) is 11.0 Å². The molecule has 0 aliphatic carbocycles. The number of nitrogens with zero attached hydrogens (tertiary/aromatic N) is 3. The maximum Gasteiger partial charge on any atom is 0.258 e. The van der Waals surface area contributed by atoms with Gasteiger partial charge in [-0.25, -0.2) is 0 Å². The molecule has 1 aliphatic heterocycles. The summed E-state index contributed by atoms with van der Waals surface area (Å²) in [5.41, 5.74) is 1.31. The van der Waals surface area contributed by atoms with E-state index in [0.717, 1.165) is 12.0 Å². The van der Waals surface area contributed by atoms with E-state index in [1.807, 2.05) is 12.1 Å². The Labute approximate surface area is 182 Å². The van der Waals surface area contributed by atoms with Crippen LogP contribution in [0.3, 0.4) is 0 Å². The molecule has 0 saturated carbocycles. The SMILES string of the molecule is COc1ccccc1C(=O)N1CCCC1C(=O)Nc1nnc(-c2ccc(Cl)cc2)s1. The highest BCUT2D eigenvalue weighted by molar-refractivity contribution is 7.18. The van der Waals surface area contributed by atoms with E-state index in [0.29, 0.717) is 39.4 Å². The largest absolute Gasteiger partial charge is 0.496 e. The van der Waals surface area contributed by atoms with Crippen molar-refractivity contribution in [2.45, 2.75) is 18.9 Å². The molecule has 2 aromatic carbocycles. The van der Waals surface area contributed by atoms with Gasteiger partial charge in [-0.3, -0.25) is 14.9 Å². The van der Waals surface area contributed by atoms with Gasteiger partial charge in [-0.05, 0) is 37.1 Å². The fourth-order valence-electron chi connectivity index (χ4n) is 3.43. The van der Waals surface area contributed by atoms with Crippen LogP contribution in [0, 0.1) is 0 Å². The molecule has 2 heterocycles. The Morgan fingerprint density at radius 3 is 2.70 bits per heavy atom. The third-order valence-corrected chi connectivity index (χ3v) is 6.04. The van der Waals surface area contributed by atoms with Crippen molar-refractivity contribution in [1.82, 2.24) is 15.1 Å². The number of hydrogen-bond acceptors (Lipinski definition) is 6. The molecule has 0 bridgehead atoms. The monoisotopic (exact) mass is 442 g/mol. The highest BCUT2D eigenvalue weighted by Gasteiger charge is 2.35. The van der Waals surface area contributed by atoms with Crippen LogP contribution in [-0.4, -0.2) is 46.6 Å². The molecule has 30 heavy (non-hydrogen) atoms. The van der Waals surface area contributed by atoms with Crippen molar-refractivity contribution in [2.24, 2.45) is 0 Å². The van der Waals surface area contributed by atoms with E-state index in [9.17, 15) is 9.59 Å². The van der Waals surface area contributed by atoms with Crippen molar-refractivity contribution in [3.63, 3.8) is 0 Å². The van der Waals surface area contributed by atoms with Gasteiger partial charge >= 0.3 is 0 Å².